The molecule has 5 unspecified atom stereocenters. The minimum Gasteiger partial charge on any atom is -0.481 e. The van der Waals surface area contributed by atoms with Crippen molar-refractivity contribution in [2.75, 3.05) is 0 Å². The molecule has 5 nitrogen and oxygen atoms in total. The summed E-state index contributed by atoms with van der Waals surface area (Å²) in [6, 6.07) is 0. The third kappa shape index (κ3) is 2.73. The molecule has 0 bridgehead atoms. The number of rotatable bonds is 4. The highest BCUT2D eigenvalue weighted by Crippen LogP contribution is 2.62. The summed E-state index contributed by atoms with van der Waals surface area (Å²) in [6.45, 7) is 6.37. The van der Waals surface area contributed by atoms with E-state index in [0.29, 0.717) is 24.3 Å². The van der Waals surface area contributed by atoms with Crippen LogP contribution in [0.2, 0.25) is 0 Å². The van der Waals surface area contributed by atoms with Gasteiger partial charge >= 0.3 is 11.9 Å². The van der Waals surface area contributed by atoms with Crippen molar-refractivity contribution >= 4 is 11.9 Å². The zero-order valence-corrected chi connectivity index (χ0v) is 15.2. The molecule has 0 spiro atoms. The third-order valence-electron chi connectivity index (χ3n) is 7.28. The predicted molar refractivity (Wildman–Crippen MR) is 92.5 cm³/mol. The Labute approximate surface area is 148 Å². The average molecular weight is 348 g/mol. The highest BCUT2D eigenvalue weighted by atomic mass is 16.6. The topological polar surface area (TPSA) is 83.8 Å². The first kappa shape index (κ1) is 18.2. The first-order valence-electron chi connectivity index (χ1n) is 9.21. The van der Waals surface area contributed by atoms with E-state index in [2.05, 4.69) is 19.9 Å². The van der Waals surface area contributed by atoms with Crippen LogP contribution in [0.3, 0.4) is 0 Å². The van der Waals surface area contributed by atoms with E-state index in [4.69, 9.17) is 4.74 Å². The van der Waals surface area contributed by atoms with E-state index in [0.717, 1.165) is 31.3 Å². The highest BCUT2D eigenvalue weighted by molar-refractivity contribution is 5.85. The van der Waals surface area contributed by atoms with E-state index in [9.17, 15) is 19.8 Å². The monoisotopic (exact) mass is 348 g/mol. The van der Waals surface area contributed by atoms with E-state index in [-0.39, 0.29) is 11.3 Å². The van der Waals surface area contributed by atoms with E-state index < -0.39 is 23.6 Å². The summed E-state index contributed by atoms with van der Waals surface area (Å²) in [6.07, 6.45) is 6.99. The molecule has 1 heterocycles. The van der Waals surface area contributed by atoms with Gasteiger partial charge in [-0.2, -0.15) is 0 Å². The maximum atomic E-state index is 12.3. The van der Waals surface area contributed by atoms with Crippen molar-refractivity contribution in [3.05, 3.63) is 23.3 Å². The Balaban J connectivity index is 1.90. The summed E-state index contributed by atoms with van der Waals surface area (Å²) in [5.74, 6) is -0.739. The minimum absolute atomic E-state index is 0.0713. The lowest BCUT2D eigenvalue weighted by molar-refractivity contribution is -0.162. The Hall–Kier alpha value is -1.62. The van der Waals surface area contributed by atoms with E-state index in [1.165, 1.54) is 6.08 Å². The fraction of sp³-hybridized carbons (Fsp3) is 0.700. The second kappa shape index (κ2) is 6.27. The molecule has 3 aliphatic rings. The number of aliphatic hydroxyl groups excluding tert-OH is 1. The van der Waals surface area contributed by atoms with Crippen LogP contribution in [0, 0.1) is 22.7 Å². The number of carboxylic acid groups (broad SMARTS) is 1. The number of esters is 1. The number of aliphatic hydroxyl groups is 1. The van der Waals surface area contributed by atoms with Crippen molar-refractivity contribution in [3.8, 4) is 0 Å². The van der Waals surface area contributed by atoms with Crippen LogP contribution in [0.5, 0.6) is 0 Å². The number of aliphatic carboxylic acids is 1. The molecule has 0 aromatic carbocycles. The van der Waals surface area contributed by atoms with Crippen LogP contribution in [-0.4, -0.2) is 28.4 Å². The van der Waals surface area contributed by atoms with Gasteiger partial charge in [0.15, 0.2) is 0 Å². The molecule has 138 valence electrons. The van der Waals surface area contributed by atoms with Gasteiger partial charge in [-0.15, -0.1) is 0 Å². The molecule has 0 amide bonds. The summed E-state index contributed by atoms with van der Waals surface area (Å²) >= 11 is 0. The summed E-state index contributed by atoms with van der Waals surface area (Å²) in [7, 11) is 0. The van der Waals surface area contributed by atoms with Gasteiger partial charge in [0.05, 0.1) is 5.41 Å². The van der Waals surface area contributed by atoms with Gasteiger partial charge in [-0.3, -0.25) is 4.79 Å². The Kier molecular flexibility index (Phi) is 4.56. The molecule has 0 radical (unpaired) electrons. The SMILES string of the molecule is CC1=CCCC2C1(C(=O)O)CCC(C)C2(C)CCC1=CC(=O)OC1O. The number of carbonyl (C=O) groups excluding carboxylic acids is 1. The molecule has 0 saturated heterocycles. The molecule has 1 aliphatic heterocycles. The van der Waals surface area contributed by atoms with E-state index in [1.54, 1.807) is 0 Å². The third-order valence-corrected chi connectivity index (χ3v) is 7.28. The van der Waals surface area contributed by atoms with Crippen molar-refractivity contribution in [1.29, 1.82) is 0 Å². The Morgan fingerprint density at radius 1 is 1.40 bits per heavy atom. The Bertz CT molecular complexity index is 648. The van der Waals surface area contributed by atoms with Gasteiger partial charge in [-0.1, -0.05) is 25.5 Å². The zero-order chi connectivity index (χ0) is 18.4. The molecule has 25 heavy (non-hydrogen) atoms. The van der Waals surface area contributed by atoms with Crippen molar-refractivity contribution in [1.82, 2.24) is 0 Å². The molecule has 0 aromatic heterocycles. The zero-order valence-electron chi connectivity index (χ0n) is 15.2. The second-order valence-corrected chi connectivity index (χ2v) is 8.25. The van der Waals surface area contributed by atoms with Crippen LogP contribution >= 0.6 is 0 Å². The molecule has 0 aromatic rings. The molecule has 2 N–H and O–H groups in total. The van der Waals surface area contributed by atoms with Crippen molar-refractivity contribution in [2.45, 2.75) is 65.6 Å². The lowest BCUT2D eigenvalue weighted by Gasteiger charge is -2.57. The van der Waals surface area contributed by atoms with Gasteiger partial charge in [-0.25, -0.2) is 4.79 Å². The summed E-state index contributed by atoms with van der Waals surface area (Å²) in [5, 5.41) is 20.0. The summed E-state index contributed by atoms with van der Waals surface area (Å²) in [5.41, 5.74) is 0.674. The fourth-order valence-electron chi connectivity index (χ4n) is 5.45. The van der Waals surface area contributed by atoms with E-state index >= 15 is 0 Å². The minimum atomic E-state index is -1.15. The number of fused-ring (bicyclic) bond motifs is 1. The Morgan fingerprint density at radius 3 is 2.72 bits per heavy atom. The van der Waals surface area contributed by atoms with Crippen LogP contribution < -0.4 is 0 Å². The van der Waals surface area contributed by atoms with Crippen LogP contribution in [0.4, 0.5) is 0 Å². The van der Waals surface area contributed by atoms with Crippen LogP contribution in [0.1, 0.15) is 59.3 Å². The lowest BCUT2D eigenvalue weighted by Crippen LogP contribution is -2.54. The van der Waals surface area contributed by atoms with Gasteiger partial charge in [0.1, 0.15) is 0 Å². The predicted octanol–water partition coefficient (Wildman–Crippen LogP) is 3.43. The first-order chi connectivity index (χ1) is 11.7. The quantitative estimate of drug-likeness (QED) is 0.601. The average Bonchev–Trinajstić information content (AvgIpc) is 2.87. The number of cyclic esters (lactones) is 1. The first-order valence-corrected chi connectivity index (χ1v) is 9.21. The fourth-order valence-corrected chi connectivity index (χ4v) is 5.45. The second-order valence-electron chi connectivity index (χ2n) is 8.25. The van der Waals surface area contributed by atoms with Crippen LogP contribution in [-0.2, 0) is 14.3 Å². The summed E-state index contributed by atoms with van der Waals surface area (Å²) < 4.78 is 4.78. The maximum Gasteiger partial charge on any atom is 0.333 e. The number of hydrogen-bond donors (Lipinski definition) is 2. The van der Waals surface area contributed by atoms with Gasteiger partial charge in [0.25, 0.3) is 0 Å². The Morgan fingerprint density at radius 2 is 2.12 bits per heavy atom. The highest BCUT2D eigenvalue weighted by Gasteiger charge is 2.59. The molecule has 3 rings (SSSR count). The molecular weight excluding hydrogens is 320 g/mol. The summed E-state index contributed by atoms with van der Waals surface area (Å²) in [4.78, 5) is 23.6. The molecule has 1 fully saturated rings. The largest absolute Gasteiger partial charge is 0.481 e. The standard InChI is InChI=1S/C20H28O5/c1-12-7-10-20(18(23)24)13(2)5-4-6-15(20)19(12,3)9-8-14-11-16(21)25-17(14)22/h5,11-12,15,17,22H,4,6-10H2,1-3H3,(H,23,24). The van der Waals surface area contributed by atoms with Crippen molar-refractivity contribution in [2.24, 2.45) is 22.7 Å². The van der Waals surface area contributed by atoms with Gasteiger partial charge in [-0.05, 0) is 62.7 Å². The van der Waals surface area contributed by atoms with Gasteiger partial charge in [0, 0.05) is 11.6 Å². The number of carboxylic acids is 1. The van der Waals surface area contributed by atoms with Crippen molar-refractivity contribution in [3.63, 3.8) is 0 Å². The van der Waals surface area contributed by atoms with E-state index in [1.807, 2.05) is 6.92 Å². The number of ether oxygens (including phenoxy) is 1. The van der Waals surface area contributed by atoms with Crippen LogP contribution in [0.15, 0.2) is 23.3 Å². The molecule has 5 atom stereocenters. The number of hydrogen-bond acceptors (Lipinski definition) is 4. The number of allylic oxidation sites excluding steroid dienone is 1. The van der Waals surface area contributed by atoms with Crippen LogP contribution in [0.25, 0.3) is 0 Å². The molecule has 1 saturated carbocycles. The smallest absolute Gasteiger partial charge is 0.333 e. The number of carbonyl (C=O) groups is 2. The van der Waals surface area contributed by atoms with Gasteiger partial charge in [0.2, 0.25) is 6.29 Å². The van der Waals surface area contributed by atoms with Crippen molar-refractivity contribution < 1.29 is 24.5 Å². The maximum absolute atomic E-state index is 12.3. The van der Waals surface area contributed by atoms with Gasteiger partial charge < -0.3 is 14.9 Å². The normalized spacial score (nSPS) is 40.8. The lowest BCUT2D eigenvalue weighted by atomic mass is 9.46. The molecular formula is C20H28O5. The molecule has 5 heteroatoms. The molecule has 2 aliphatic carbocycles.